The zero-order valence-corrected chi connectivity index (χ0v) is 13.6. The van der Waals surface area contributed by atoms with E-state index in [0.717, 1.165) is 11.7 Å². The van der Waals surface area contributed by atoms with Crippen molar-refractivity contribution < 1.29 is 9.59 Å². The number of carbonyl (C=O) groups excluding carboxylic acids is 2. The quantitative estimate of drug-likeness (QED) is 0.654. The highest BCUT2D eigenvalue weighted by atomic mass is 32.2. The maximum atomic E-state index is 12.2. The first-order valence-corrected chi connectivity index (χ1v) is 7.85. The van der Waals surface area contributed by atoms with Gasteiger partial charge in [-0.3, -0.25) is 9.59 Å². The second-order valence-electron chi connectivity index (χ2n) is 4.78. The monoisotopic (exact) mass is 318 g/mol. The number of amides is 1. The van der Waals surface area contributed by atoms with Crippen LogP contribution in [-0.2, 0) is 11.3 Å². The summed E-state index contributed by atoms with van der Waals surface area (Å²) in [5, 5.41) is 11.1. The molecule has 0 aliphatic carbocycles. The average molecular weight is 318 g/mol. The Bertz CT molecular complexity index is 666. The molecule has 6 nitrogen and oxygen atoms in total. The Kier molecular flexibility index (Phi) is 5.32. The summed E-state index contributed by atoms with van der Waals surface area (Å²) < 4.78 is 1.89. The molecule has 0 aliphatic rings. The van der Waals surface area contributed by atoms with Crippen molar-refractivity contribution in [1.29, 1.82) is 0 Å². The highest BCUT2D eigenvalue weighted by Crippen LogP contribution is 2.22. The Morgan fingerprint density at radius 2 is 2.00 bits per heavy atom. The van der Waals surface area contributed by atoms with Crippen molar-refractivity contribution in [2.75, 3.05) is 5.32 Å². The molecule has 0 fully saturated rings. The summed E-state index contributed by atoms with van der Waals surface area (Å²) in [4.78, 5) is 23.4. The molecule has 0 aliphatic heterocycles. The molecule has 0 bridgehead atoms. The van der Waals surface area contributed by atoms with Crippen molar-refractivity contribution in [3.63, 3.8) is 0 Å². The molecule has 0 saturated carbocycles. The predicted octanol–water partition coefficient (Wildman–Crippen LogP) is 2.62. The van der Waals surface area contributed by atoms with E-state index in [-0.39, 0.29) is 16.9 Å². The van der Waals surface area contributed by atoms with Gasteiger partial charge >= 0.3 is 0 Å². The van der Waals surface area contributed by atoms with Gasteiger partial charge in [0.2, 0.25) is 5.91 Å². The number of nitrogens with one attached hydrogen (secondary N) is 1. The number of hydrogen-bond donors (Lipinski definition) is 1. The van der Waals surface area contributed by atoms with E-state index in [0.29, 0.717) is 11.3 Å². The van der Waals surface area contributed by atoms with Gasteiger partial charge in [-0.2, -0.15) is 0 Å². The fourth-order valence-electron chi connectivity index (χ4n) is 1.80. The molecule has 7 heteroatoms. The third kappa shape index (κ3) is 3.94. The number of thioether (sulfide) groups is 1. The van der Waals surface area contributed by atoms with Crippen LogP contribution in [-0.4, -0.2) is 31.7 Å². The van der Waals surface area contributed by atoms with E-state index in [1.54, 1.807) is 30.6 Å². The maximum absolute atomic E-state index is 12.2. The second-order valence-corrected chi connectivity index (χ2v) is 6.09. The number of ketones is 1. The Labute approximate surface area is 133 Å². The molecule has 116 valence electrons. The fourth-order valence-corrected chi connectivity index (χ4v) is 2.68. The van der Waals surface area contributed by atoms with E-state index in [1.807, 2.05) is 18.4 Å². The molecule has 0 spiro atoms. The number of benzene rings is 1. The van der Waals surface area contributed by atoms with Crippen LogP contribution in [0, 0.1) is 0 Å². The molecule has 1 aromatic carbocycles. The van der Waals surface area contributed by atoms with Gasteiger partial charge in [0, 0.05) is 17.8 Å². The lowest BCUT2D eigenvalue weighted by atomic mass is 10.1. The van der Waals surface area contributed by atoms with Gasteiger partial charge in [-0.15, -0.1) is 10.2 Å². The minimum absolute atomic E-state index is 0.000650. The van der Waals surface area contributed by atoms with E-state index < -0.39 is 0 Å². The van der Waals surface area contributed by atoms with Crippen LogP contribution >= 0.6 is 11.8 Å². The first kappa shape index (κ1) is 16.2. The van der Waals surface area contributed by atoms with Crippen LogP contribution in [0.4, 0.5) is 5.69 Å². The second kappa shape index (κ2) is 7.22. The lowest BCUT2D eigenvalue weighted by Gasteiger charge is -2.12. The van der Waals surface area contributed by atoms with E-state index in [4.69, 9.17) is 0 Å². The van der Waals surface area contributed by atoms with Crippen LogP contribution in [0.15, 0.2) is 35.7 Å². The zero-order chi connectivity index (χ0) is 16.1. The normalized spacial score (nSPS) is 12.0. The minimum atomic E-state index is -0.304. The van der Waals surface area contributed by atoms with Crippen LogP contribution in [0.2, 0.25) is 0 Å². The molecule has 1 aromatic heterocycles. The summed E-state index contributed by atoms with van der Waals surface area (Å²) in [6, 6.07) is 6.84. The highest BCUT2D eigenvalue weighted by Gasteiger charge is 2.17. The Morgan fingerprint density at radius 3 is 2.59 bits per heavy atom. The average Bonchev–Trinajstić information content (AvgIpc) is 2.94. The molecule has 1 N–H and O–H groups in total. The lowest BCUT2D eigenvalue weighted by molar-refractivity contribution is -0.115. The van der Waals surface area contributed by atoms with Crippen molar-refractivity contribution in [2.24, 2.45) is 0 Å². The topological polar surface area (TPSA) is 76.9 Å². The van der Waals surface area contributed by atoms with Gasteiger partial charge < -0.3 is 9.88 Å². The molecule has 0 unspecified atom stereocenters. The van der Waals surface area contributed by atoms with E-state index in [9.17, 15) is 9.59 Å². The van der Waals surface area contributed by atoms with Crippen molar-refractivity contribution in [1.82, 2.24) is 14.8 Å². The maximum Gasteiger partial charge on any atom is 0.237 e. The largest absolute Gasteiger partial charge is 0.325 e. The summed E-state index contributed by atoms with van der Waals surface area (Å²) in [5.41, 5.74) is 1.29. The Balaban J connectivity index is 1.97. The summed E-state index contributed by atoms with van der Waals surface area (Å²) in [5.74, 6) is -0.119. The van der Waals surface area contributed by atoms with Crippen LogP contribution in [0.5, 0.6) is 0 Å². The number of Topliss-reactive ketones (excluding diaryl/α,β-unsaturated/α-hetero) is 1. The minimum Gasteiger partial charge on any atom is -0.325 e. The molecule has 2 rings (SSSR count). The van der Waals surface area contributed by atoms with Crippen molar-refractivity contribution in [2.45, 2.75) is 37.7 Å². The molecular weight excluding hydrogens is 300 g/mol. The number of rotatable bonds is 6. The van der Waals surface area contributed by atoms with Crippen LogP contribution < -0.4 is 5.32 Å². The molecule has 1 amide bonds. The van der Waals surface area contributed by atoms with E-state index in [1.165, 1.54) is 18.7 Å². The summed E-state index contributed by atoms with van der Waals surface area (Å²) >= 11 is 1.36. The van der Waals surface area contributed by atoms with Gasteiger partial charge in [-0.1, -0.05) is 11.8 Å². The summed E-state index contributed by atoms with van der Waals surface area (Å²) in [6.45, 7) is 6.08. The molecule has 22 heavy (non-hydrogen) atoms. The Hall–Kier alpha value is -2.15. The van der Waals surface area contributed by atoms with Crippen molar-refractivity contribution in [3.05, 3.63) is 36.2 Å². The highest BCUT2D eigenvalue weighted by molar-refractivity contribution is 8.00. The van der Waals surface area contributed by atoms with Gasteiger partial charge in [0.05, 0.1) is 5.25 Å². The van der Waals surface area contributed by atoms with Crippen molar-refractivity contribution >= 4 is 29.1 Å². The van der Waals surface area contributed by atoms with E-state index >= 15 is 0 Å². The fraction of sp³-hybridized carbons (Fsp3) is 0.333. The first-order chi connectivity index (χ1) is 10.5. The summed E-state index contributed by atoms with van der Waals surface area (Å²) in [6.07, 6.45) is 1.65. The van der Waals surface area contributed by atoms with Gasteiger partial charge in [0.25, 0.3) is 0 Å². The lowest BCUT2D eigenvalue weighted by Crippen LogP contribution is -2.22. The van der Waals surface area contributed by atoms with Gasteiger partial charge in [-0.25, -0.2) is 0 Å². The molecule has 1 atom stereocenters. The number of aryl methyl sites for hydroxylation is 1. The number of carbonyl (C=O) groups is 2. The van der Waals surface area contributed by atoms with Gasteiger partial charge in [-0.05, 0) is 45.0 Å². The third-order valence-corrected chi connectivity index (χ3v) is 4.23. The van der Waals surface area contributed by atoms with Crippen LogP contribution in [0.25, 0.3) is 0 Å². The molecule has 0 radical (unpaired) electrons. The number of nitrogens with zero attached hydrogens (tertiary/aromatic N) is 3. The molecule has 2 aromatic rings. The van der Waals surface area contributed by atoms with Crippen LogP contribution in [0.3, 0.4) is 0 Å². The molecule has 1 heterocycles. The number of aromatic nitrogens is 3. The molecular formula is C15H18N4O2S. The van der Waals surface area contributed by atoms with Crippen molar-refractivity contribution in [3.8, 4) is 0 Å². The predicted molar refractivity (Wildman–Crippen MR) is 86.1 cm³/mol. The van der Waals surface area contributed by atoms with E-state index in [2.05, 4.69) is 15.5 Å². The van der Waals surface area contributed by atoms with Gasteiger partial charge in [0.15, 0.2) is 10.9 Å². The number of anilines is 1. The zero-order valence-electron chi connectivity index (χ0n) is 12.7. The van der Waals surface area contributed by atoms with Crippen LogP contribution in [0.1, 0.15) is 31.1 Å². The van der Waals surface area contributed by atoms with Gasteiger partial charge in [0.1, 0.15) is 6.33 Å². The third-order valence-electron chi connectivity index (χ3n) is 3.13. The first-order valence-electron chi connectivity index (χ1n) is 6.97. The molecule has 0 saturated heterocycles. The Morgan fingerprint density at radius 1 is 1.32 bits per heavy atom. The summed E-state index contributed by atoms with van der Waals surface area (Å²) in [7, 11) is 0. The standard InChI is InChI=1S/C15H18N4O2S/c1-4-19-9-16-18-15(19)22-11(3)14(21)17-13-7-5-12(6-8-13)10(2)20/h5-9,11H,4H2,1-3H3,(H,17,21)/t11-/m1/s1. The SMILES string of the molecule is CCn1cnnc1S[C@H](C)C(=O)Nc1ccc(C(C)=O)cc1. The smallest absolute Gasteiger partial charge is 0.237 e. The number of hydrogen-bond acceptors (Lipinski definition) is 5.